The molecule has 2 nitrogen and oxygen atoms in total. The summed E-state index contributed by atoms with van der Waals surface area (Å²) in [6.45, 7) is 9.25. The second-order valence-corrected chi connectivity index (χ2v) is 13.3. The second kappa shape index (κ2) is 30.7. The summed E-state index contributed by atoms with van der Waals surface area (Å²) < 4.78 is 5.07. The highest BCUT2D eigenvalue weighted by atomic mass is 15.1. The van der Waals surface area contributed by atoms with Gasteiger partial charge in [-0.25, -0.2) is 9.13 Å². The van der Waals surface area contributed by atoms with Crippen LogP contribution in [0.3, 0.4) is 0 Å². The molecular formula is C39H77N2+. The monoisotopic (exact) mass is 574 g/mol. The molecule has 0 N–H and O–H groups in total. The zero-order valence-corrected chi connectivity index (χ0v) is 28.9. The smallest absolute Gasteiger partial charge is 0.235 e. The van der Waals surface area contributed by atoms with Gasteiger partial charge in [0.1, 0.15) is 12.4 Å². The van der Waals surface area contributed by atoms with Crippen molar-refractivity contribution in [3.05, 3.63) is 18.2 Å². The number of rotatable bonds is 33. The standard InChI is InChI=1S/C39H77N2/c1-4-7-9-11-13-15-17-19-21-22-23-25-27-29-31-33-35-39-40(6-3)37-38-41(39)36-34-32-30-28-26-24-20-18-16-14-12-10-8-5-2/h37-38H,4-36H2,1-3H3/q+1. The van der Waals surface area contributed by atoms with Gasteiger partial charge in [0.05, 0.1) is 13.1 Å². The highest BCUT2D eigenvalue weighted by Crippen LogP contribution is 2.16. The molecule has 0 aromatic carbocycles. The maximum Gasteiger partial charge on any atom is 0.256 e. The van der Waals surface area contributed by atoms with Crippen LogP contribution < -0.4 is 4.57 Å². The van der Waals surface area contributed by atoms with Gasteiger partial charge in [-0.1, -0.05) is 187 Å². The van der Waals surface area contributed by atoms with E-state index in [0.717, 1.165) is 6.54 Å². The fourth-order valence-corrected chi connectivity index (χ4v) is 6.58. The third-order valence-corrected chi connectivity index (χ3v) is 9.44. The van der Waals surface area contributed by atoms with Gasteiger partial charge >= 0.3 is 0 Å². The first-order valence-corrected chi connectivity index (χ1v) is 19.4. The van der Waals surface area contributed by atoms with E-state index in [-0.39, 0.29) is 0 Å². The van der Waals surface area contributed by atoms with Crippen molar-refractivity contribution in [2.24, 2.45) is 0 Å². The zero-order chi connectivity index (χ0) is 29.5. The molecule has 0 saturated carbocycles. The summed E-state index contributed by atoms with van der Waals surface area (Å²) in [6, 6.07) is 0. The lowest BCUT2D eigenvalue weighted by Gasteiger charge is -2.06. The molecule has 2 heteroatoms. The Hall–Kier alpha value is -0.790. The largest absolute Gasteiger partial charge is 0.256 e. The quantitative estimate of drug-likeness (QED) is 0.0584. The molecule has 0 amide bonds. The van der Waals surface area contributed by atoms with Crippen molar-refractivity contribution in [1.82, 2.24) is 4.57 Å². The van der Waals surface area contributed by atoms with Crippen LogP contribution in [-0.4, -0.2) is 4.57 Å². The van der Waals surface area contributed by atoms with Gasteiger partial charge in [0.15, 0.2) is 0 Å². The number of aryl methyl sites for hydroxylation is 2. The van der Waals surface area contributed by atoms with Gasteiger partial charge in [0.25, 0.3) is 5.82 Å². The molecule has 0 saturated heterocycles. The lowest BCUT2D eigenvalue weighted by atomic mass is 10.0. The summed E-state index contributed by atoms with van der Waals surface area (Å²) >= 11 is 0. The Bertz CT molecular complexity index is 634. The van der Waals surface area contributed by atoms with Crippen LogP contribution in [0.4, 0.5) is 0 Å². The zero-order valence-electron chi connectivity index (χ0n) is 28.9. The topological polar surface area (TPSA) is 8.81 Å². The van der Waals surface area contributed by atoms with Gasteiger partial charge < -0.3 is 0 Å². The minimum atomic E-state index is 1.11. The van der Waals surface area contributed by atoms with E-state index in [2.05, 4.69) is 42.3 Å². The van der Waals surface area contributed by atoms with Crippen LogP contribution in [0.15, 0.2) is 12.4 Å². The van der Waals surface area contributed by atoms with E-state index in [4.69, 9.17) is 0 Å². The molecule has 0 unspecified atom stereocenters. The third kappa shape index (κ3) is 23.4. The van der Waals surface area contributed by atoms with Crippen molar-refractivity contribution in [1.29, 1.82) is 0 Å². The lowest BCUT2D eigenvalue weighted by Crippen LogP contribution is -2.36. The van der Waals surface area contributed by atoms with Crippen molar-refractivity contribution in [2.75, 3.05) is 0 Å². The van der Waals surface area contributed by atoms with E-state index in [9.17, 15) is 0 Å². The number of hydrogen-bond donors (Lipinski definition) is 0. The Labute approximate surface area is 259 Å². The summed E-state index contributed by atoms with van der Waals surface area (Å²) in [6.07, 6.45) is 49.3. The maximum absolute atomic E-state index is 2.58. The Morgan fingerprint density at radius 2 is 0.732 bits per heavy atom. The Kier molecular flexibility index (Phi) is 28.6. The van der Waals surface area contributed by atoms with Crippen LogP contribution in [0.25, 0.3) is 0 Å². The minimum absolute atomic E-state index is 1.11. The first-order valence-electron chi connectivity index (χ1n) is 19.4. The fourth-order valence-electron chi connectivity index (χ4n) is 6.58. The van der Waals surface area contributed by atoms with E-state index in [0.29, 0.717) is 0 Å². The van der Waals surface area contributed by atoms with Gasteiger partial charge in [-0.2, -0.15) is 0 Å². The van der Waals surface area contributed by atoms with Gasteiger partial charge in [-0.3, -0.25) is 0 Å². The van der Waals surface area contributed by atoms with Gasteiger partial charge in [-0.05, 0) is 26.2 Å². The molecule has 242 valence electrons. The van der Waals surface area contributed by atoms with E-state index >= 15 is 0 Å². The van der Waals surface area contributed by atoms with E-state index < -0.39 is 0 Å². The molecule has 0 aliphatic carbocycles. The molecular weight excluding hydrogens is 496 g/mol. The van der Waals surface area contributed by atoms with E-state index in [1.807, 2.05) is 0 Å². The number of imidazole rings is 1. The van der Waals surface area contributed by atoms with Crippen molar-refractivity contribution < 1.29 is 4.57 Å². The van der Waals surface area contributed by atoms with E-state index in [1.165, 1.54) is 206 Å². The SMILES string of the molecule is CCCCCCCCCCCCCCCCCCc1n(CCCCCCCCCCCCCCCC)cc[n+]1CC. The molecule has 0 atom stereocenters. The molecule has 0 bridgehead atoms. The maximum atomic E-state index is 2.58. The summed E-state index contributed by atoms with van der Waals surface area (Å²) in [7, 11) is 0. The number of nitrogens with zero attached hydrogens (tertiary/aromatic N) is 2. The second-order valence-electron chi connectivity index (χ2n) is 13.3. The molecule has 0 radical (unpaired) electrons. The first-order chi connectivity index (χ1) is 20.3. The van der Waals surface area contributed by atoms with Crippen molar-refractivity contribution in [3.8, 4) is 0 Å². The molecule has 0 aliphatic heterocycles. The van der Waals surface area contributed by atoms with Gasteiger partial charge in [0, 0.05) is 6.42 Å². The van der Waals surface area contributed by atoms with Crippen molar-refractivity contribution >= 4 is 0 Å². The Morgan fingerprint density at radius 3 is 1.07 bits per heavy atom. The van der Waals surface area contributed by atoms with Crippen LogP contribution in [-0.2, 0) is 19.5 Å². The number of aromatic nitrogens is 2. The number of unbranched alkanes of at least 4 members (excludes halogenated alkanes) is 28. The molecule has 0 fully saturated rings. The lowest BCUT2D eigenvalue weighted by molar-refractivity contribution is -0.700. The Morgan fingerprint density at radius 1 is 0.415 bits per heavy atom. The predicted molar refractivity (Wildman–Crippen MR) is 184 cm³/mol. The highest BCUT2D eigenvalue weighted by Gasteiger charge is 2.15. The van der Waals surface area contributed by atoms with Gasteiger partial charge in [0.2, 0.25) is 0 Å². The van der Waals surface area contributed by atoms with Crippen LogP contribution in [0.2, 0.25) is 0 Å². The van der Waals surface area contributed by atoms with E-state index in [1.54, 1.807) is 5.82 Å². The molecule has 41 heavy (non-hydrogen) atoms. The molecule has 0 spiro atoms. The summed E-state index contributed by atoms with van der Waals surface area (Å²) in [5.74, 6) is 1.58. The van der Waals surface area contributed by atoms with Crippen LogP contribution >= 0.6 is 0 Å². The molecule has 1 heterocycles. The molecule has 1 aromatic heterocycles. The van der Waals surface area contributed by atoms with Gasteiger partial charge in [-0.15, -0.1) is 0 Å². The first kappa shape index (κ1) is 38.2. The minimum Gasteiger partial charge on any atom is -0.235 e. The summed E-state index contributed by atoms with van der Waals surface area (Å²) in [4.78, 5) is 0. The fraction of sp³-hybridized carbons (Fsp3) is 0.923. The summed E-state index contributed by atoms with van der Waals surface area (Å²) in [5, 5.41) is 0. The van der Waals surface area contributed by atoms with Crippen LogP contribution in [0.1, 0.15) is 219 Å². The van der Waals surface area contributed by atoms with Crippen LogP contribution in [0.5, 0.6) is 0 Å². The third-order valence-electron chi connectivity index (χ3n) is 9.44. The predicted octanol–water partition coefficient (Wildman–Crippen LogP) is 13.1. The molecule has 1 rings (SSSR count). The normalized spacial score (nSPS) is 11.6. The van der Waals surface area contributed by atoms with Crippen molar-refractivity contribution in [2.45, 2.75) is 233 Å². The Balaban J connectivity index is 1.96. The summed E-state index contributed by atoms with van der Waals surface area (Å²) in [5.41, 5.74) is 0. The average molecular weight is 574 g/mol. The van der Waals surface area contributed by atoms with Crippen LogP contribution in [0, 0.1) is 0 Å². The average Bonchev–Trinajstić information content (AvgIpc) is 3.38. The number of hydrogen-bond acceptors (Lipinski definition) is 0. The molecule has 1 aromatic rings. The molecule has 0 aliphatic rings. The highest BCUT2D eigenvalue weighted by molar-refractivity contribution is 4.84. The van der Waals surface area contributed by atoms with Crippen molar-refractivity contribution in [3.63, 3.8) is 0 Å².